The Hall–Kier alpha value is -0.650. The van der Waals surface area contributed by atoms with Crippen molar-refractivity contribution in [2.24, 2.45) is 0 Å². The molecular formula is C8H15NO4. The van der Waals surface area contributed by atoms with Crippen LogP contribution in [-0.2, 0) is 19.2 Å². The number of carbonyl (C=O) groups excluding carboxylic acids is 1. The Bertz CT molecular complexity index is 185. The third-order valence-corrected chi connectivity index (χ3v) is 1.86. The lowest BCUT2D eigenvalue weighted by atomic mass is 10.2. The van der Waals surface area contributed by atoms with E-state index in [0.29, 0.717) is 0 Å². The van der Waals surface area contributed by atoms with Crippen molar-refractivity contribution in [3.8, 4) is 0 Å². The highest BCUT2D eigenvalue weighted by atomic mass is 17.0. The molecule has 0 aromatic carbocycles. The van der Waals surface area contributed by atoms with Gasteiger partial charge in [-0.25, -0.2) is 4.79 Å². The van der Waals surface area contributed by atoms with Crippen LogP contribution in [-0.4, -0.2) is 37.6 Å². The Morgan fingerprint density at radius 1 is 1.62 bits per heavy atom. The summed E-state index contributed by atoms with van der Waals surface area (Å²) < 4.78 is 5.11. The topological polar surface area (TPSA) is 51.3 Å². The van der Waals surface area contributed by atoms with Gasteiger partial charge in [0.05, 0.1) is 20.3 Å². The summed E-state index contributed by atoms with van der Waals surface area (Å²) in [6.45, 7) is 2.05. The molecule has 1 aliphatic rings. The molecule has 1 aliphatic heterocycles. The predicted octanol–water partition coefficient (Wildman–Crippen LogP) is 0.505. The average molecular weight is 189 g/mol. The van der Waals surface area contributed by atoms with Crippen LogP contribution in [0, 0.1) is 0 Å². The number of hydrogen-bond acceptors (Lipinski definition) is 5. The van der Waals surface area contributed by atoms with Gasteiger partial charge in [0, 0.05) is 0 Å². The van der Waals surface area contributed by atoms with Gasteiger partial charge < -0.3 is 9.57 Å². The highest BCUT2D eigenvalue weighted by molar-refractivity contribution is 5.77. The van der Waals surface area contributed by atoms with Crippen molar-refractivity contribution in [2.45, 2.75) is 32.0 Å². The van der Waals surface area contributed by atoms with Gasteiger partial charge in [0.1, 0.15) is 0 Å². The molecule has 0 unspecified atom stereocenters. The van der Waals surface area contributed by atoms with Crippen LogP contribution in [0.1, 0.15) is 19.8 Å². The van der Waals surface area contributed by atoms with Gasteiger partial charge in [-0.1, -0.05) is 13.3 Å². The Balaban J connectivity index is 2.19. The lowest BCUT2D eigenvalue weighted by Gasteiger charge is -2.10. The van der Waals surface area contributed by atoms with Crippen LogP contribution < -0.4 is 0 Å². The Morgan fingerprint density at radius 3 is 2.85 bits per heavy atom. The predicted molar refractivity (Wildman–Crippen MR) is 44.4 cm³/mol. The molecule has 0 saturated carbocycles. The third kappa shape index (κ3) is 2.95. The summed E-state index contributed by atoms with van der Waals surface area (Å²) in [5.74, 6) is -0.386. The molecule has 0 N–H and O–H groups in total. The molecule has 0 spiro atoms. The molecular weight excluding hydrogens is 174 g/mol. The molecule has 5 nitrogen and oxygen atoms in total. The highest BCUT2D eigenvalue weighted by Gasteiger charge is 2.46. The van der Waals surface area contributed by atoms with Gasteiger partial charge >= 0.3 is 5.97 Å². The minimum atomic E-state index is -0.391. The molecule has 0 aromatic rings. The van der Waals surface area contributed by atoms with Crippen molar-refractivity contribution in [1.29, 1.82) is 0 Å². The van der Waals surface area contributed by atoms with Crippen LogP contribution >= 0.6 is 0 Å². The van der Waals surface area contributed by atoms with E-state index in [2.05, 4.69) is 4.84 Å². The summed E-state index contributed by atoms with van der Waals surface area (Å²) in [7, 11) is 2.93. The standard InChI is InChI=1S/C8H15NO4/c1-4-5-6-7(12-6)8(10)13-9(2)11-3/h6-7H,4-5H2,1-3H3/t6-,7+/m0/s1. The summed E-state index contributed by atoms with van der Waals surface area (Å²) in [6.07, 6.45) is 1.56. The van der Waals surface area contributed by atoms with Crippen LogP contribution in [0.4, 0.5) is 0 Å². The maximum Gasteiger partial charge on any atom is 0.359 e. The van der Waals surface area contributed by atoms with Crippen LogP contribution in [0.3, 0.4) is 0 Å². The van der Waals surface area contributed by atoms with E-state index in [1.807, 2.05) is 6.92 Å². The van der Waals surface area contributed by atoms with Crippen molar-refractivity contribution in [1.82, 2.24) is 5.23 Å². The van der Waals surface area contributed by atoms with E-state index in [9.17, 15) is 4.79 Å². The quantitative estimate of drug-likeness (QED) is 0.465. The number of hydrogen-bond donors (Lipinski definition) is 0. The molecule has 5 heteroatoms. The van der Waals surface area contributed by atoms with Crippen molar-refractivity contribution >= 4 is 5.97 Å². The average Bonchev–Trinajstić information content (AvgIpc) is 2.84. The molecule has 1 saturated heterocycles. The van der Waals surface area contributed by atoms with E-state index >= 15 is 0 Å². The Morgan fingerprint density at radius 2 is 2.31 bits per heavy atom. The highest BCUT2D eigenvalue weighted by Crippen LogP contribution is 2.27. The van der Waals surface area contributed by atoms with E-state index in [0.717, 1.165) is 18.1 Å². The van der Waals surface area contributed by atoms with Crippen molar-refractivity contribution < 1.29 is 19.2 Å². The van der Waals surface area contributed by atoms with E-state index in [1.165, 1.54) is 14.2 Å². The second-order valence-corrected chi connectivity index (χ2v) is 2.92. The fraction of sp³-hybridized carbons (Fsp3) is 0.875. The maximum absolute atomic E-state index is 11.2. The van der Waals surface area contributed by atoms with Gasteiger partial charge in [-0.15, -0.1) is 0 Å². The SMILES string of the molecule is CCC[C@@H]1O[C@H]1C(=O)ON(C)OC. The fourth-order valence-corrected chi connectivity index (χ4v) is 1.07. The largest absolute Gasteiger partial charge is 0.359 e. The minimum absolute atomic E-state index is 0.0442. The van der Waals surface area contributed by atoms with Crippen molar-refractivity contribution in [2.75, 3.05) is 14.2 Å². The summed E-state index contributed by atoms with van der Waals surface area (Å²) in [6, 6.07) is 0. The summed E-state index contributed by atoms with van der Waals surface area (Å²) in [5, 5.41) is 1.01. The monoisotopic (exact) mass is 189 g/mol. The van der Waals surface area contributed by atoms with Gasteiger partial charge in [0.15, 0.2) is 6.10 Å². The first-order valence-corrected chi connectivity index (χ1v) is 4.34. The van der Waals surface area contributed by atoms with Crippen LogP contribution in [0.2, 0.25) is 0 Å². The van der Waals surface area contributed by atoms with E-state index in [4.69, 9.17) is 9.57 Å². The van der Waals surface area contributed by atoms with Gasteiger partial charge in [-0.3, -0.25) is 4.84 Å². The fourth-order valence-electron chi connectivity index (χ4n) is 1.07. The molecule has 1 heterocycles. The molecule has 0 bridgehead atoms. The normalized spacial score (nSPS) is 26.2. The van der Waals surface area contributed by atoms with Crippen LogP contribution in [0.15, 0.2) is 0 Å². The number of hydroxylamine groups is 2. The molecule has 0 radical (unpaired) electrons. The van der Waals surface area contributed by atoms with E-state index in [-0.39, 0.29) is 12.1 Å². The lowest BCUT2D eigenvalue weighted by Crippen LogP contribution is -2.25. The van der Waals surface area contributed by atoms with E-state index < -0.39 is 6.10 Å². The molecule has 0 aliphatic carbocycles. The summed E-state index contributed by atoms with van der Waals surface area (Å²) in [4.78, 5) is 20.6. The van der Waals surface area contributed by atoms with Crippen molar-refractivity contribution in [3.63, 3.8) is 0 Å². The second kappa shape index (κ2) is 4.55. The minimum Gasteiger partial charge on any atom is -0.357 e. The number of nitrogens with zero attached hydrogens (tertiary/aromatic N) is 1. The van der Waals surface area contributed by atoms with Gasteiger partial charge in [0.25, 0.3) is 0 Å². The van der Waals surface area contributed by atoms with Gasteiger partial charge in [0.2, 0.25) is 0 Å². The zero-order valence-corrected chi connectivity index (χ0v) is 8.15. The second-order valence-electron chi connectivity index (χ2n) is 2.92. The zero-order chi connectivity index (χ0) is 9.84. The van der Waals surface area contributed by atoms with Gasteiger partial charge in [-0.05, 0) is 11.6 Å². The van der Waals surface area contributed by atoms with E-state index in [1.54, 1.807) is 0 Å². The first-order valence-electron chi connectivity index (χ1n) is 4.34. The summed E-state index contributed by atoms with van der Waals surface area (Å²) >= 11 is 0. The molecule has 1 rings (SSSR count). The van der Waals surface area contributed by atoms with Gasteiger partial charge in [-0.2, -0.15) is 0 Å². The number of epoxide rings is 1. The number of ether oxygens (including phenoxy) is 1. The molecule has 0 aromatic heterocycles. The number of carbonyl (C=O) groups is 1. The Labute approximate surface area is 77.5 Å². The first-order chi connectivity index (χ1) is 6.19. The smallest absolute Gasteiger partial charge is 0.357 e. The molecule has 13 heavy (non-hydrogen) atoms. The number of rotatable bonds is 5. The van der Waals surface area contributed by atoms with Crippen LogP contribution in [0.5, 0.6) is 0 Å². The Kier molecular flexibility index (Phi) is 3.65. The lowest BCUT2D eigenvalue weighted by molar-refractivity contribution is -0.318. The molecule has 1 fully saturated rings. The molecule has 76 valence electrons. The third-order valence-electron chi connectivity index (χ3n) is 1.86. The molecule has 2 atom stereocenters. The maximum atomic E-state index is 11.2. The van der Waals surface area contributed by atoms with Crippen molar-refractivity contribution in [3.05, 3.63) is 0 Å². The zero-order valence-electron chi connectivity index (χ0n) is 8.15. The molecule has 0 amide bonds. The summed E-state index contributed by atoms with van der Waals surface area (Å²) in [5.41, 5.74) is 0. The van der Waals surface area contributed by atoms with Crippen LogP contribution in [0.25, 0.3) is 0 Å². The first kappa shape index (κ1) is 10.4.